The number of hydrogen-bond donors (Lipinski definition) is 1. The van der Waals surface area contributed by atoms with Crippen LogP contribution in [-0.2, 0) is 4.79 Å². The van der Waals surface area contributed by atoms with Crippen LogP contribution in [0, 0.1) is 31.6 Å². The molecule has 1 fully saturated rings. The fourth-order valence-electron chi connectivity index (χ4n) is 3.47. The lowest BCUT2D eigenvalue weighted by Crippen LogP contribution is -2.33. The number of carbonyl (C=O) groups excluding carboxylic acids is 1. The molecule has 11 heteroatoms. The topological polar surface area (TPSA) is 158 Å². The Kier molecular flexibility index (Phi) is 7.20. The first-order chi connectivity index (χ1) is 15.8. The number of nitro benzene ring substituents is 2. The summed E-state index contributed by atoms with van der Waals surface area (Å²) < 4.78 is 10.9. The fraction of sp³-hybridized carbons (Fsp3) is 0.273. The zero-order valence-corrected chi connectivity index (χ0v) is 17.6. The number of nitriles is 1. The lowest BCUT2D eigenvalue weighted by molar-refractivity contribution is -0.394. The van der Waals surface area contributed by atoms with Gasteiger partial charge in [0.2, 0.25) is 5.75 Å². The molecule has 0 bridgehead atoms. The third kappa shape index (κ3) is 5.62. The van der Waals surface area contributed by atoms with Crippen molar-refractivity contribution < 1.29 is 24.1 Å². The van der Waals surface area contributed by atoms with Gasteiger partial charge in [-0.3, -0.25) is 25.0 Å². The third-order valence-electron chi connectivity index (χ3n) is 5.12. The predicted octanol–water partition coefficient (Wildman–Crippen LogP) is 4.27. The summed E-state index contributed by atoms with van der Waals surface area (Å²) in [5, 5.41) is 34.5. The van der Waals surface area contributed by atoms with Crippen molar-refractivity contribution in [2.24, 2.45) is 0 Å². The zero-order chi connectivity index (χ0) is 24.0. The zero-order valence-electron chi connectivity index (χ0n) is 17.6. The normalized spacial score (nSPS) is 13.8. The Hall–Kier alpha value is -4.46. The van der Waals surface area contributed by atoms with Crippen molar-refractivity contribution in [2.75, 3.05) is 7.11 Å². The summed E-state index contributed by atoms with van der Waals surface area (Å²) in [6, 6.07) is 9.51. The van der Waals surface area contributed by atoms with Crippen molar-refractivity contribution in [3.63, 3.8) is 0 Å². The summed E-state index contributed by atoms with van der Waals surface area (Å²) in [5.74, 6) is -0.364. The molecule has 170 valence electrons. The molecule has 0 aromatic heterocycles. The summed E-state index contributed by atoms with van der Waals surface area (Å²) in [5.41, 5.74) is -0.605. The minimum absolute atomic E-state index is 0.0661. The monoisotopic (exact) mass is 452 g/mol. The highest BCUT2D eigenvalue weighted by Gasteiger charge is 2.23. The molecule has 0 saturated heterocycles. The van der Waals surface area contributed by atoms with Crippen molar-refractivity contribution >= 4 is 23.4 Å². The van der Waals surface area contributed by atoms with E-state index in [2.05, 4.69) is 5.32 Å². The first-order valence-corrected chi connectivity index (χ1v) is 10.0. The maximum atomic E-state index is 12.4. The Morgan fingerprint density at radius 2 is 1.79 bits per heavy atom. The number of non-ortho nitro benzene ring substituents is 1. The van der Waals surface area contributed by atoms with Gasteiger partial charge >= 0.3 is 5.69 Å². The van der Waals surface area contributed by atoms with Gasteiger partial charge in [-0.1, -0.05) is 18.9 Å². The molecule has 1 amide bonds. The Morgan fingerprint density at radius 3 is 2.39 bits per heavy atom. The number of hydrogen-bond acceptors (Lipinski definition) is 8. The van der Waals surface area contributed by atoms with E-state index in [1.807, 2.05) is 6.07 Å². The molecule has 0 radical (unpaired) electrons. The Bertz CT molecular complexity index is 1160. The van der Waals surface area contributed by atoms with Crippen molar-refractivity contribution in [1.29, 1.82) is 5.26 Å². The van der Waals surface area contributed by atoms with Crippen molar-refractivity contribution in [2.45, 2.75) is 31.7 Å². The lowest BCUT2D eigenvalue weighted by atomic mass is 10.1. The van der Waals surface area contributed by atoms with Gasteiger partial charge in [0.15, 0.2) is 11.5 Å². The van der Waals surface area contributed by atoms with E-state index >= 15 is 0 Å². The van der Waals surface area contributed by atoms with Crippen LogP contribution >= 0.6 is 0 Å². The van der Waals surface area contributed by atoms with Gasteiger partial charge in [0, 0.05) is 12.1 Å². The van der Waals surface area contributed by atoms with Gasteiger partial charge in [-0.05, 0) is 42.7 Å². The quantitative estimate of drug-likeness (QED) is 0.269. The van der Waals surface area contributed by atoms with Crippen LogP contribution in [0.25, 0.3) is 6.08 Å². The number of nitrogens with one attached hydrogen (secondary N) is 1. The van der Waals surface area contributed by atoms with E-state index in [-0.39, 0.29) is 28.9 Å². The van der Waals surface area contributed by atoms with Crippen LogP contribution in [0.1, 0.15) is 31.2 Å². The van der Waals surface area contributed by atoms with E-state index < -0.39 is 27.1 Å². The van der Waals surface area contributed by atoms with Crippen LogP contribution in [0.3, 0.4) is 0 Å². The highest BCUT2D eigenvalue weighted by atomic mass is 16.6. The SMILES string of the molecule is COc1cc(/C=C(/C#N)C(=O)NC2CCCC2)ccc1Oc1ccc([N+](=O)[O-])cc1[N+](=O)[O-]. The number of amides is 1. The minimum Gasteiger partial charge on any atom is -0.493 e. The molecule has 0 spiro atoms. The number of ether oxygens (including phenoxy) is 2. The molecular weight excluding hydrogens is 432 g/mol. The summed E-state index contributed by atoms with van der Waals surface area (Å²) >= 11 is 0. The van der Waals surface area contributed by atoms with Crippen molar-refractivity contribution in [1.82, 2.24) is 5.32 Å². The summed E-state index contributed by atoms with van der Waals surface area (Å²) in [7, 11) is 1.36. The van der Waals surface area contributed by atoms with Gasteiger partial charge in [0.1, 0.15) is 11.6 Å². The van der Waals surface area contributed by atoms with Gasteiger partial charge < -0.3 is 14.8 Å². The van der Waals surface area contributed by atoms with Crippen LogP contribution < -0.4 is 14.8 Å². The first kappa shape index (κ1) is 23.2. The maximum Gasteiger partial charge on any atom is 0.318 e. The van der Waals surface area contributed by atoms with E-state index in [1.165, 1.54) is 25.3 Å². The maximum absolute atomic E-state index is 12.4. The average molecular weight is 452 g/mol. The Morgan fingerprint density at radius 1 is 1.09 bits per heavy atom. The molecule has 0 aliphatic heterocycles. The van der Waals surface area contributed by atoms with Crippen LogP contribution in [0.5, 0.6) is 17.2 Å². The summed E-state index contributed by atoms with van der Waals surface area (Å²) in [6.45, 7) is 0. The molecule has 0 heterocycles. The van der Waals surface area contributed by atoms with E-state index in [0.29, 0.717) is 5.56 Å². The average Bonchev–Trinajstić information content (AvgIpc) is 3.31. The second-order valence-corrected chi connectivity index (χ2v) is 7.30. The largest absolute Gasteiger partial charge is 0.493 e. The van der Waals surface area contributed by atoms with Gasteiger partial charge in [-0.15, -0.1) is 0 Å². The van der Waals surface area contributed by atoms with Crippen LogP contribution in [0.2, 0.25) is 0 Å². The summed E-state index contributed by atoms with van der Waals surface area (Å²) in [6.07, 6.45) is 5.27. The van der Waals surface area contributed by atoms with Crippen molar-refractivity contribution in [3.8, 4) is 23.3 Å². The smallest absolute Gasteiger partial charge is 0.318 e. The second kappa shape index (κ2) is 10.2. The number of methoxy groups -OCH3 is 1. The number of rotatable bonds is 8. The molecule has 1 aliphatic rings. The standard InChI is InChI=1S/C22H20N4O7/c1-32-21-11-14(10-15(13-23)22(27)24-16-4-2-3-5-16)6-8-20(21)33-19-9-7-17(25(28)29)12-18(19)26(30)31/h6-12,16H,2-5H2,1H3,(H,24,27)/b15-10-. The van der Waals surface area contributed by atoms with Gasteiger partial charge in [0.25, 0.3) is 11.6 Å². The number of nitrogens with zero attached hydrogens (tertiary/aromatic N) is 3. The molecule has 3 rings (SSSR count). The highest BCUT2D eigenvalue weighted by molar-refractivity contribution is 6.01. The van der Waals surface area contributed by atoms with E-state index in [9.17, 15) is 30.3 Å². The molecule has 1 aliphatic carbocycles. The molecule has 2 aromatic rings. The second-order valence-electron chi connectivity index (χ2n) is 7.30. The molecular formula is C22H20N4O7. The number of carbonyl (C=O) groups is 1. The molecule has 0 atom stereocenters. The fourth-order valence-corrected chi connectivity index (χ4v) is 3.47. The lowest BCUT2D eigenvalue weighted by Gasteiger charge is -2.12. The van der Waals surface area contributed by atoms with Gasteiger partial charge in [-0.2, -0.15) is 5.26 Å². The highest BCUT2D eigenvalue weighted by Crippen LogP contribution is 2.38. The Labute approximate surface area is 188 Å². The van der Waals surface area contributed by atoms with Crippen molar-refractivity contribution in [3.05, 3.63) is 67.8 Å². The molecule has 2 aromatic carbocycles. The first-order valence-electron chi connectivity index (χ1n) is 10.0. The van der Waals surface area contributed by atoms with E-state index in [1.54, 1.807) is 6.07 Å². The Balaban J connectivity index is 1.86. The van der Waals surface area contributed by atoms with Crippen LogP contribution in [0.15, 0.2) is 42.0 Å². The third-order valence-corrected chi connectivity index (χ3v) is 5.12. The molecule has 33 heavy (non-hydrogen) atoms. The number of nitro groups is 2. The van der Waals surface area contributed by atoms with Gasteiger partial charge in [0.05, 0.1) is 23.0 Å². The molecule has 0 unspecified atom stereocenters. The molecule has 1 saturated carbocycles. The van der Waals surface area contributed by atoms with Crippen LogP contribution in [-0.4, -0.2) is 28.9 Å². The summed E-state index contributed by atoms with van der Waals surface area (Å²) in [4.78, 5) is 33.1. The van der Waals surface area contributed by atoms with E-state index in [4.69, 9.17) is 9.47 Å². The predicted molar refractivity (Wildman–Crippen MR) is 117 cm³/mol. The van der Waals surface area contributed by atoms with E-state index in [0.717, 1.165) is 43.9 Å². The molecule has 1 N–H and O–H groups in total. The minimum atomic E-state index is -0.784. The number of benzene rings is 2. The van der Waals surface area contributed by atoms with Gasteiger partial charge in [-0.25, -0.2) is 0 Å². The van der Waals surface area contributed by atoms with Crippen LogP contribution in [0.4, 0.5) is 11.4 Å². The molecule has 11 nitrogen and oxygen atoms in total.